The molecule has 0 fully saturated rings. The monoisotopic (exact) mass is 281 g/mol. The third-order valence-corrected chi connectivity index (χ3v) is 5.40. The maximum atomic E-state index is 13.8. The molecule has 0 aliphatic carbocycles. The van der Waals surface area contributed by atoms with Crippen molar-refractivity contribution < 1.29 is 4.39 Å². The minimum Gasteiger partial charge on any atom is -0.307 e. The Kier molecular flexibility index (Phi) is 5.28. The van der Waals surface area contributed by atoms with Crippen molar-refractivity contribution >= 4 is 11.8 Å². The minimum absolute atomic E-state index is 0.0656. The van der Waals surface area contributed by atoms with Crippen LogP contribution in [0.5, 0.6) is 0 Å². The van der Waals surface area contributed by atoms with Gasteiger partial charge in [-0.1, -0.05) is 38.8 Å². The zero-order chi connectivity index (χ0) is 13.8. The lowest BCUT2D eigenvalue weighted by atomic mass is 9.93. The van der Waals surface area contributed by atoms with Crippen LogP contribution in [0.15, 0.2) is 23.1 Å². The summed E-state index contributed by atoms with van der Waals surface area (Å²) >= 11 is 1.65. The van der Waals surface area contributed by atoms with Crippen molar-refractivity contribution in [2.45, 2.75) is 57.0 Å². The van der Waals surface area contributed by atoms with Crippen LogP contribution in [0.2, 0.25) is 0 Å². The third-order valence-electron chi connectivity index (χ3n) is 4.25. The first-order valence-electron chi connectivity index (χ1n) is 7.34. The quantitative estimate of drug-likeness (QED) is 0.834. The Balaban J connectivity index is 2.13. The fourth-order valence-electron chi connectivity index (χ4n) is 3.01. The number of halogens is 1. The summed E-state index contributed by atoms with van der Waals surface area (Å²) in [5, 5.41) is 3.72. The average molecular weight is 281 g/mol. The van der Waals surface area contributed by atoms with E-state index in [1.165, 1.54) is 12.8 Å². The van der Waals surface area contributed by atoms with E-state index in [2.05, 4.69) is 32.2 Å². The molecule has 0 saturated carbocycles. The molecule has 0 saturated heterocycles. The lowest BCUT2D eigenvalue weighted by Gasteiger charge is -2.32. The molecule has 1 nitrogen and oxygen atoms in total. The Morgan fingerprint density at radius 1 is 1.37 bits per heavy atom. The SMILES string of the molecule is CCC(CC)C(C)NC1CCSc2c(F)cccc21. The summed E-state index contributed by atoms with van der Waals surface area (Å²) in [5.74, 6) is 1.64. The topological polar surface area (TPSA) is 12.0 Å². The Hall–Kier alpha value is -0.540. The number of benzene rings is 1. The predicted octanol–water partition coefficient (Wildman–Crippen LogP) is 4.78. The van der Waals surface area contributed by atoms with Gasteiger partial charge in [0.2, 0.25) is 0 Å². The van der Waals surface area contributed by atoms with Crippen LogP contribution in [0, 0.1) is 11.7 Å². The van der Waals surface area contributed by atoms with Crippen molar-refractivity contribution in [2.75, 3.05) is 5.75 Å². The average Bonchev–Trinajstić information content (AvgIpc) is 2.41. The van der Waals surface area contributed by atoms with Gasteiger partial charge in [0.1, 0.15) is 5.82 Å². The maximum Gasteiger partial charge on any atom is 0.137 e. The van der Waals surface area contributed by atoms with E-state index in [0.29, 0.717) is 18.0 Å². The van der Waals surface area contributed by atoms with E-state index in [9.17, 15) is 4.39 Å². The minimum atomic E-state index is -0.0656. The second-order valence-electron chi connectivity index (χ2n) is 5.38. The number of hydrogen-bond donors (Lipinski definition) is 1. The van der Waals surface area contributed by atoms with Gasteiger partial charge in [-0.25, -0.2) is 4.39 Å². The van der Waals surface area contributed by atoms with E-state index in [4.69, 9.17) is 0 Å². The molecule has 1 aromatic carbocycles. The number of thioether (sulfide) groups is 1. The van der Waals surface area contributed by atoms with Gasteiger partial charge in [-0.15, -0.1) is 11.8 Å². The van der Waals surface area contributed by atoms with Crippen LogP contribution < -0.4 is 5.32 Å². The van der Waals surface area contributed by atoms with Crippen molar-refractivity contribution in [2.24, 2.45) is 5.92 Å². The van der Waals surface area contributed by atoms with Crippen molar-refractivity contribution in [1.82, 2.24) is 5.32 Å². The van der Waals surface area contributed by atoms with E-state index in [1.54, 1.807) is 17.8 Å². The summed E-state index contributed by atoms with van der Waals surface area (Å²) in [6.07, 6.45) is 3.48. The van der Waals surface area contributed by atoms with Gasteiger partial charge in [0, 0.05) is 17.0 Å². The Morgan fingerprint density at radius 2 is 2.11 bits per heavy atom. The van der Waals surface area contributed by atoms with E-state index >= 15 is 0 Å². The summed E-state index contributed by atoms with van der Waals surface area (Å²) in [6.45, 7) is 6.76. The van der Waals surface area contributed by atoms with Crippen LogP contribution in [0.25, 0.3) is 0 Å². The number of rotatable bonds is 5. The second-order valence-corrected chi connectivity index (χ2v) is 6.48. The molecule has 1 aliphatic rings. The van der Waals surface area contributed by atoms with E-state index in [1.807, 2.05) is 6.07 Å². The Morgan fingerprint density at radius 3 is 2.79 bits per heavy atom. The smallest absolute Gasteiger partial charge is 0.137 e. The molecular weight excluding hydrogens is 257 g/mol. The van der Waals surface area contributed by atoms with Crippen molar-refractivity contribution in [3.8, 4) is 0 Å². The number of nitrogens with one attached hydrogen (secondary N) is 1. The van der Waals surface area contributed by atoms with Gasteiger partial charge in [-0.3, -0.25) is 0 Å². The second kappa shape index (κ2) is 6.76. The van der Waals surface area contributed by atoms with Crippen molar-refractivity contribution in [3.63, 3.8) is 0 Å². The molecule has 3 heteroatoms. The highest BCUT2D eigenvalue weighted by molar-refractivity contribution is 7.99. The molecule has 1 N–H and O–H groups in total. The zero-order valence-electron chi connectivity index (χ0n) is 12.1. The fourth-order valence-corrected chi connectivity index (χ4v) is 4.15. The molecule has 2 rings (SSSR count). The predicted molar refractivity (Wildman–Crippen MR) is 81.2 cm³/mol. The van der Waals surface area contributed by atoms with Gasteiger partial charge in [-0.2, -0.15) is 0 Å². The fraction of sp³-hybridized carbons (Fsp3) is 0.625. The summed E-state index contributed by atoms with van der Waals surface area (Å²) in [5.41, 5.74) is 1.15. The van der Waals surface area contributed by atoms with Crippen LogP contribution in [0.3, 0.4) is 0 Å². The zero-order valence-corrected chi connectivity index (χ0v) is 12.9. The molecule has 0 bridgehead atoms. The summed E-state index contributed by atoms with van der Waals surface area (Å²) < 4.78 is 13.8. The van der Waals surface area contributed by atoms with E-state index in [0.717, 1.165) is 22.6 Å². The summed E-state index contributed by atoms with van der Waals surface area (Å²) in [6, 6.07) is 6.26. The molecule has 106 valence electrons. The molecule has 2 unspecified atom stereocenters. The van der Waals surface area contributed by atoms with Crippen LogP contribution in [-0.2, 0) is 0 Å². The maximum absolute atomic E-state index is 13.8. The van der Waals surface area contributed by atoms with Crippen LogP contribution in [0.1, 0.15) is 51.6 Å². The molecular formula is C16H24FNS. The first kappa shape index (κ1) is 14.9. The molecule has 0 spiro atoms. The summed E-state index contributed by atoms with van der Waals surface area (Å²) in [4.78, 5) is 0.850. The number of hydrogen-bond acceptors (Lipinski definition) is 2. The highest BCUT2D eigenvalue weighted by atomic mass is 32.2. The molecule has 1 aliphatic heterocycles. The van der Waals surface area contributed by atoms with Gasteiger partial charge in [0.25, 0.3) is 0 Å². The van der Waals surface area contributed by atoms with Crippen LogP contribution >= 0.6 is 11.8 Å². The normalized spacial score (nSPS) is 20.4. The van der Waals surface area contributed by atoms with Crippen molar-refractivity contribution in [3.05, 3.63) is 29.6 Å². The van der Waals surface area contributed by atoms with Gasteiger partial charge in [0.15, 0.2) is 0 Å². The molecule has 1 aromatic rings. The number of fused-ring (bicyclic) bond motifs is 1. The van der Waals surface area contributed by atoms with Crippen molar-refractivity contribution in [1.29, 1.82) is 0 Å². The molecule has 2 atom stereocenters. The standard InChI is InChI=1S/C16H24FNS/c1-4-12(5-2)11(3)18-15-9-10-19-16-13(15)7-6-8-14(16)17/h6-8,11-12,15,18H,4-5,9-10H2,1-3H3. The van der Waals surface area contributed by atoms with E-state index in [-0.39, 0.29) is 5.82 Å². The molecule has 0 aromatic heterocycles. The largest absolute Gasteiger partial charge is 0.307 e. The van der Waals surface area contributed by atoms with E-state index < -0.39 is 0 Å². The van der Waals surface area contributed by atoms with Gasteiger partial charge < -0.3 is 5.32 Å². The molecule has 19 heavy (non-hydrogen) atoms. The van der Waals surface area contributed by atoms with Gasteiger partial charge in [0.05, 0.1) is 0 Å². The molecule has 0 amide bonds. The molecule has 0 radical (unpaired) electrons. The first-order valence-corrected chi connectivity index (χ1v) is 8.33. The van der Waals surface area contributed by atoms with Crippen LogP contribution in [0.4, 0.5) is 4.39 Å². The Labute approximate surface area is 120 Å². The lowest BCUT2D eigenvalue weighted by Crippen LogP contribution is -2.37. The van der Waals surface area contributed by atoms with Gasteiger partial charge >= 0.3 is 0 Å². The Bertz CT molecular complexity index is 417. The summed E-state index contributed by atoms with van der Waals surface area (Å²) in [7, 11) is 0. The lowest BCUT2D eigenvalue weighted by molar-refractivity contribution is 0.316. The van der Waals surface area contributed by atoms with Gasteiger partial charge in [-0.05, 0) is 36.6 Å². The highest BCUT2D eigenvalue weighted by Crippen LogP contribution is 2.38. The van der Waals surface area contributed by atoms with Crippen LogP contribution in [-0.4, -0.2) is 11.8 Å². The molecule has 1 heterocycles. The highest BCUT2D eigenvalue weighted by Gasteiger charge is 2.25. The third kappa shape index (κ3) is 3.32. The first-order chi connectivity index (χ1) is 9.17.